The fraction of sp³-hybridized carbons (Fsp3) is 0.857. The van der Waals surface area contributed by atoms with Crippen molar-refractivity contribution in [3.8, 4) is 0 Å². The SMILES string of the molecule is CCOC(=O)CN(C(=O)C1CCCCCN1)C(C)C. The summed E-state index contributed by atoms with van der Waals surface area (Å²) in [4.78, 5) is 25.7. The van der Waals surface area contributed by atoms with Crippen molar-refractivity contribution in [3.63, 3.8) is 0 Å². The molecule has 1 heterocycles. The largest absolute Gasteiger partial charge is 0.465 e. The molecule has 1 rings (SSSR count). The van der Waals surface area contributed by atoms with Gasteiger partial charge in [0.1, 0.15) is 6.54 Å². The molecule has 0 saturated carbocycles. The summed E-state index contributed by atoms with van der Waals surface area (Å²) in [7, 11) is 0. The van der Waals surface area contributed by atoms with Gasteiger partial charge >= 0.3 is 5.97 Å². The van der Waals surface area contributed by atoms with Crippen LogP contribution in [0.3, 0.4) is 0 Å². The number of hydrogen-bond acceptors (Lipinski definition) is 4. The maximum atomic E-state index is 12.5. The molecule has 1 saturated heterocycles. The lowest BCUT2D eigenvalue weighted by Gasteiger charge is -2.29. The minimum atomic E-state index is -0.335. The Bertz CT molecular complexity index is 297. The average Bonchev–Trinajstić information content (AvgIpc) is 2.64. The van der Waals surface area contributed by atoms with Crippen molar-refractivity contribution in [2.24, 2.45) is 0 Å². The average molecular weight is 270 g/mol. The molecule has 1 aliphatic heterocycles. The van der Waals surface area contributed by atoms with Gasteiger partial charge in [-0.25, -0.2) is 0 Å². The standard InChI is InChI=1S/C14H26N2O3/c1-4-19-13(17)10-16(11(2)3)14(18)12-8-6-5-7-9-15-12/h11-12,15H,4-10H2,1-3H3. The third kappa shape index (κ3) is 5.19. The first-order valence-corrected chi connectivity index (χ1v) is 7.25. The molecule has 0 aromatic rings. The lowest BCUT2D eigenvalue weighted by molar-refractivity contribution is -0.150. The molecule has 0 aliphatic carbocycles. The monoisotopic (exact) mass is 270 g/mol. The number of nitrogens with one attached hydrogen (secondary N) is 1. The zero-order valence-corrected chi connectivity index (χ0v) is 12.3. The van der Waals surface area contributed by atoms with Crippen molar-refractivity contribution < 1.29 is 14.3 Å². The molecule has 0 aromatic carbocycles. The zero-order chi connectivity index (χ0) is 14.3. The van der Waals surface area contributed by atoms with Crippen LogP contribution in [0.1, 0.15) is 46.5 Å². The number of amides is 1. The van der Waals surface area contributed by atoms with E-state index >= 15 is 0 Å². The molecule has 1 amide bonds. The molecule has 0 spiro atoms. The molecule has 5 nitrogen and oxygen atoms in total. The minimum absolute atomic E-state index is 0.00181. The molecule has 0 radical (unpaired) electrons. The van der Waals surface area contributed by atoms with Crippen molar-refractivity contribution in [1.82, 2.24) is 10.2 Å². The van der Waals surface area contributed by atoms with Crippen LogP contribution in [0, 0.1) is 0 Å². The first kappa shape index (κ1) is 16.0. The Balaban J connectivity index is 2.63. The zero-order valence-electron chi connectivity index (χ0n) is 12.3. The molecule has 1 N–H and O–H groups in total. The Morgan fingerprint density at radius 3 is 2.68 bits per heavy atom. The van der Waals surface area contributed by atoms with Crippen LogP contribution in [-0.2, 0) is 14.3 Å². The van der Waals surface area contributed by atoms with Crippen LogP contribution in [0.5, 0.6) is 0 Å². The van der Waals surface area contributed by atoms with Gasteiger partial charge in [0, 0.05) is 6.04 Å². The van der Waals surface area contributed by atoms with Gasteiger partial charge in [-0.15, -0.1) is 0 Å². The van der Waals surface area contributed by atoms with E-state index < -0.39 is 0 Å². The van der Waals surface area contributed by atoms with E-state index in [1.54, 1.807) is 11.8 Å². The summed E-state index contributed by atoms with van der Waals surface area (Å²) in [5.74, 6) is -0.317. The van der Waals surface area contributed by atoms with E-state index in [9.17, 15) is 9.59 Å². The molecular formula is C14H26N2O3. The van der Waals surface area contributed by atoms with Crippen molar-refractivity contribution >= 4 is 11.9 Å². The van der Waals surface area contributed by atoms with E-state index in [1.165, 1.54) is 0 Å². The summed E-state index contributed by atoms with van der Waals surface area (Å²) in [6.45, 7) is 6.89. The van der Waals surface area contributed by atoms with Crippen molar-refractivity contribution in [1.29, 1.82) is 0 Å². The molecule has 0 aromatic heterocycles. The first-order valence-electron chi connectivity index (χ1n) is 7.25. The molecule has 1 fully saturated rings. The van der Waals surface area contributed by atoms with E-state index in [4.69, 9.17) is 4.74 Å². The minimum Gasteiger partial charge on any atom is -0.465 e. The number of nitrogens with zero attached hydrogens (tertiary/aromatic N) is 1. The van der Waals surface area contributed by atoms with Crippen LogP contribution in [0.25, 0.3) is 0 Å². The van der Waals surface area contributed by atoms with Gasteiger partial charge in [0.05, 0.1) is 12.6 Å². The summed E-state index contributed by atoms with van der Waals surface area (Å²) in [6, 6.07) is -0.152. The van der Waals surface area contributed by atoms with Gasteiger partial charge in [0.15, 0.2) is 0 Å². The normalized spacial score (nSPS) is 19.9. The molecular weight excluding hydrogens is 244 g/mol. The molecule has 19 heavy (non-hydrogen) atoms. The Kier molecular flexibility index (Phi) is 6.84. The predicted octanol–water partition coefficient (Wildman–Crippen LogP) is 1.32. The lowest BCUT2D eigenvalue weighted by Crippen LogP contribution is -2.50. The van der Waals surface area contributed by atoms with Gasteiger partial charge in [0.2, 0.25) is 5.91 Å². The van der Waals surface area contributed by atoms with Gasteiger partial charge in [-0.3, -0.25) is 9.59 Å². The van der Waals surface area contributed by atoms with E-state index in [0.717, 1.165) is 32.2 Å². The number of ether oxygens (including phenoxy) is 1. The van der Waals surface area contributed by atoms with E-state index in [0.29, 0.717) is 6.61 Å². The second-order valence-corrected chi connectivity index (χ2v) is 5.22. The number of carbonyl (C=O) groups is 2. The third-order valence-corrected chi connectivity index (χ3v) is 3.37. The fourth-order valence-corrected chi connectivity index (χ4v) is 2.30. The quantitative estimate of drug-likeness (QED) is 0.765. The molecule has 0 bridgehead atoms. The summed E-state index contributed by atoms with van der Waals surface area (Å²) in [6.07, 6.45) is 4.19. The van der Waals surface area contributed by atoms with Crippen LogP contribution in [-0.4, -0.2) is 48.6 Å². The predicted molar refractivity (Wildman–Crippen MR) is 73.7 cm³/mol. The highest BCUT2D eigenvalue weighted by molar-refractivity contribution is 5.86. The highest BCUT2D eigenvalue weighted by atomic mass is 16.5. The van der Waals surface area contributed by atoms with Gasteiger partial charge in [-0.05, 0) is 40.2 Å². The molecule has 1 unspecified atom stereocenters. The Hall–Kier alpha value is -1.10. The number of carbonyl (C=O) groups excluding carboxylic acids is 2. The fourth-order valence-electron chi connectivity index (χ4n) is 2.30. The number of esters is 1. The maximum absolute atomic E-state index is 12.5. The van der Waals surface area contributed by atoms with Crippen LogP contribution in [0.4, 0.5) is 0 Å². The molecule has 5 heteroatoms. The van der Waals surface area contributed by atoms with Crippen LogP contribution in [0.15, 0.2) is 0 Å². The van der Waals surface area contributed by atoms with Gasteiger partial charge in [0.25, 0.3) is 0 Å². The second kappa shape index (κ2) is 8.15. The Morgan fingerprint density at radius 1 is 1.32 bits per heavy atom. The Morgan fingerprint density at radius 2 is 2.05 bits per heavy atom. The van der Waals surface area contributed by atoms with Crippen molar-refractivity contribution in [3.05, 3.63) is 0 Å². The lowest BCUT2D eigenvalue weighted by atomic mass is 10.1. The van der Waals surface area contributed by atoms with Gasteiger partial charge in [-0.2, -0.15) is 0 Å². The summed E-state index contributed by atoms with van der Waals surface area (Å²) in [5.41, 5.74) is 0. The van der Waals surface area contributed by atoms with Gasteiger partial charge < -0.3 is 15.0 Å². The van der Waals surface area contributed by atoms with Crippen molar-refractivity contribution in [2.45, 2.75) is 58.5 Å². The highest BCUT2D eigenvalue weighted by Crippen LogP contribution is 2.12. The number of hydrogen-bond donors (Lipinski definition) is 1. The molecule has 1 aliphatic rings. The molecule has 110 valence electrons. The smallest absolute Gasteiger partial charge is 0.325 e. The topological polar surface area (TPSA) is 58.6 Å². The van der Waals surface area contributed by atoms with Crippen LogP contribution in [0.2, 0.25) is 0 Å². The van der Waals surface area contributed by atoms with E-state index in [1.807, 2.05) is 13.8 Å². The van der Waals surface area contributed by atoms with Gasteiger partial charge in [-0.1, -0.05) is 12.8 Å². The van der Waals surface area contributed by atoms with E-state index in [-0.39, 0.29) is 30.5 Å². The van der Waals surface area contributed by atoms with E-state index in [2.05, 4.69) is 5.32 Å². The first-order chi connectivity index (χ1) is 9.06. The van der Waals surface area contributed by atoms with Crippen LogP contribution >= 0.6 is 0 Å². The summed E-state index contributed by atoms with van der Waals surface area (Å²) < 4.78 is 4.93. The molecule has 1 atom stereocenters. The van der Waals surface area contributed by atoms with Crippen LogP contribution < -0.4 is 5.32 Å². The van der Waals surface area contributed by atoms with Crippen molar-refractivity contribution in [2.75, 3.05) is 19.7 Å². The third-order valence-electron chi connectivity index (χ3n) is 3.37. The maximum Gasteiger partial charge on any atom is 0.325 e. The number of rotatable bonds is 5. The second-order valence-electron chi connectivity index (χ2n) is 5.22. The Labute approximate surface area is 115 Å². The summed E-state index contributed by atoms with van der Waals surface area (Å²) in [5, 5.41) is 3.28. The highest BCUT2D eigenvalue weighted by Gasteiger charge is 2.28. The summed E-state index contributed by atoms with van der Waals surface area (Å²) >= 11 is 0.